The molecule has 0 aromatic rings. The summed E-state index contributed by atoms with van der Waals surface area (Å²) in [4.78, 5) is 57.7. The molecule has 0 aromatic carbocycles. The van der Waals surface area contributed by atoms with Gasteiger partial charge in [-0.15, -0.1) is 6.58 Å². The quantitative estimate of drug-likeness (QED) is 0.142. The Balaban J connectivity index is 1.78. The van der Waals surface area contributed by atoms with Crippen molar-refractivity contribution in [1.29, 1.82) is 0 Å². The van der Waals surface area contributed by atoms with E-state index in [0.29, 0.717) is 56.9 Å². The zero-order valence-electron chi connectivity index (χ0n) is 34.9. The summed E-state index contributed by atoms with van der Waals surface area (Å²) in [6.07, 6.45) is 5.28. The zero-order chi connectivity index (χ0) is 42.2. The molecule has 1 aliphatic carbocycles. The molecule has 3 heterocycles. The minimum atomic E-state index is -2.55. The largest absolute Gasteiger partial charge is 0.456 e. The molecule has 2 bridgehead atoms. The Kier molecular flexibility index (Phi) is 17.2. The van der Waals surface area contributed by atoms with Gasteiger partial charge in [-0.05, 0) is 95.5 Å². The van der Waals surface area contributed by atoms with E-state index in [-0.39, 0.29) is 62.6 Å². The third kappa shape index (κ3) is 11.3. The van der Waals surface area contributed by atoms with Crippen molar-refractivity contribution in [2.75, 3.05) is 26.9 Å². The van der Waals surface area contributed by atoms with Crippen molar-refractivity contribution in [2.24, 2.45) is 41.4 Å². The molecule has 4 rings (SSSR count). The lowest BCUT2D eigenvalue weighted by molar-refractivity contribution is -0.294. The van der Waals surface area contributed by atoms with Gasteiger partial charge in [0.2, 0.25) is 5.79 Å². The van der Waals surface area contributed by atoms with Gasteiger partial charge in [0.25, 0.3) is 11.7 Å². The number of ketones is 2. The topological polar surface area (TPSA) is 200 Å². The number of carbonyl (C=O) groups excluding carboxylic acids is 4. The van der Waals surface area contributed by atoms with Gasteiger partial charge in [-0.1, -0.05) is 44.6 Å². The first kappa shape index (κ1) is 46.9. The van der Waals surface area contributed by atoms with E-state index in [1.807, 2.05) is 26.0 Å². The second-order valence-corrected chi connectivity index (χ2v) is 17.6. The van der Waals surface area contributed by atoms with Crippen LogP contribution in [0.15, 0.2) is 36.0 Å². The van der Waals surface area contributed by atoms with Gasteiger partial charge in [-0.25, -0.2) is 4.79 Å². The molecule has 3 fully saturated rings. The monoisotopic (exact) mass is 803 g/mol. The minimum absolute atomic E-state index is 0.0222. The lowest BCUT2D eigenvalue weighted by Gasteiger charge is -2.47. The molecule has 13 nitrogen and oxygen atoms in total. The van der Waals surface area contributed by atoms with Crippen LogP contribution in [0, 0.1) is 41.4 Å². The maximum Gasteiger partial charge on any atom is 0.329 e. The Morgan fingerprint density at radius 2 is 1.68 bits per heavy atom. The molecule has 4 aliphatic rings. The average molecular weight is 804 g/mol. The number of hydrogen-bond donors (Lipinski definition) is 5. The first-order valence-electron chi connectivity index (χ1n) is 21.0. The van der Waals surface area contributed by atoms with Crippen molar-refractivity contribution in [2.45, 2.75) is 148 Å². The van der Waals surface area contributed by atoms with Crippen LogP contribution >= 0.6 is 0 Å². The molecule has 5 N–H and O–H groups in total. The highest BCUT2D eigenvalue weighted by Crippen LogP contribution is 2.41. The van der Waals surface area contributed by atoms with Gasteiger partial charge in [-0.2, -0.15) is 0 Å². The smallest absolute Gasteiger partial charge is 0.329 e. The van der Waals surface area contributed by atoms with Gasteiger partial charge >= 0.3 is 5.97 Å². The fraction of sp³-hybridized carbons (Fsp3) is 0.773. The summed E-state index contributed by atoms with van der Waals surface area (Å²) in [6, 6.07) is -1.17. The molecule has 322 valence electrons. The lowest BCUT2D eigenvalue weighted by Crippen LogP contribution is -2.63. The van der Waals surface area contributed by atoms with E-state index in [2.05, 4.69) is 6.58 Å². The van der Waals surface area contributed by atoms with Crippen LogP contribution in [0.2, 0.25) is 0 Å². The van der Waals surface area contributed by atoms with Gasteiger partial charge in [-0.3, -0.25) is 14.4 Å². The molecule has 0 radical (unpaired) electrons. The highest BCUT2D eigenvalue weighted by atomic mass is 16.7. The number of ether oxygens (including phenoxy) is 3. The fourth-order valence-corrected chi connectivity index (χ4v) is 9.65. The molecule has 14 atom stereocenters. The third-order valence-corrected chi connectivity index (χ3v) is 13.1. The Morgan fingerprint density at radius 3 is 2.33 bits per heavy atom. The number of Topliss-reactive ketones (excluding diaryl/α,β-unsaturated/α-hetero) is 2. The van der Waals surface area contributed by atoms with Crippen molar-refractivity contribution in [3.05, 3.63) is 36.0 Å². The number of fused-ring (bicyclic) bond motifs is 3. The predicted molar refractivity (Wildman–Crippen MR) is 212 cm³/mol. The predicted octanol–water partition coefficient (Wildman–Crippen LogP) is 3.83. The van der Waals surface area contributed by atoms with Gasteiger partial charge in [0.1, 0.15) is 17.9 Å². The Labute approximate surface area is 338 Å². The standard InChI is InChI=1S/C44H69NO12/c1-8-11-31-17-25(2)16-26(3)18-38(55-7)40-33(24-47)20-28(5)44(54,57-40)41(51)42(52)45-15-10-9-12-34(45)43(53)56-39(29(6)36(49)22-37(31)50)27(4)19-30-13-14-35(48)32(21-30)23-46/h8,17,19,26,28-36,38-40,46-49,54H,1,9-16,18,20-24H2,2-7H3/b25-17+,27-19+/t26-,28+,29+,30-,31+,32-,33+,34-,35+,36-,38-,39+,40-,44+/m0/s1. The molecule has 57 heavy (non-hydrogen) atoms. The molecule has 0 spiro atoms. The number of carbonyl (C=O) groups is 4. The number of cyclic esters (lactones) is 1. The molecule has 3 aliphatic heterocycles. The molecule has 1 saturated carbocycles. The SMILES string of the molecule is C=CC[C@@H]1/C=C(\C)C[C@H](C)C[C@H](OC)[C@H]2O[C@@](O)(C(=O)C(=O)N3CCCC[C@H]3C(=O)O[C@H](/C(C)=C/[C@@H]3CC[C@@H](O)[C@H](CO)C3)[C@H](C)[C@@H](O)CC1=O)[C@H](C)C[C@@H]2CO. The first-order chi connectivity index (χ1) is 27.0. The summed E-state index contributed by atoms with van der Waals surface area (Å²) < 4.78 is 18.3. The number of aliphatic hydroxyl groups excluding tert-OH is 4. The number of amides is 1. The number of methoxy groups -OCH3 is 1. The van der Waals surface area contributed by atoms with Gasteiger partial charge in [0.05, 0.1) is 24.4 Å². The number of esters is 1. The highest BCUT2D eigenvalue weighted by molar-refractivity contribution is 6.39. The number of rotatable bonds is 7. The van der Waals surface area contributed by atoms with Crippen LogP contribution in [0.1, 0.15) is 105 Å². The maximum atomic E-state index is 14.3. The Bertz CT molecular complexity index is 1480. The van der Waals surface area contributed by atoms with E-state index in [9.17, 15) is 44.7 Å². The third-order valence-electron chi connectivity index (χ3n) is 13.1. The summed E-state index contributed by atoms with van der Waals surface area (Å²) in [5.74, 6) is -8.89. The summed E-state index contributed by atoms with van der Waals surface area (Å²) in [5.41, 5.74) is 1.55. The number of aliphatic hydroxyl groups is 5. The van der Waals surface area contributed by atoms with Crippen molar-refractivity contribution in [1.82, 2.24) is 4.90 Å². The molecule has 2 saturated heterocycles. The van der Waals surface area contributed by atoms with Crippen LogP contribution in [0.25, 0.3) is 0 Å². The van der Waals surface area contributed by atoms with Crippen LogP contribution < -0.4 is 0 Å². The zero-order valence-corrected chi connectivity index (χ0v) is 34.9. The summed E-state index contributed by atoms with van der Waals surface area (Å²) in [5, 5.41) is 54.3. The van der Waals surface area contributed by atoms with E-state index >= 15 is 0 Å². The highest BCUT2D eigenvalue weighted by Gasteiger charge is 2.56. The van der Waals surface area contributed by atoms with E-state index in [1.54, 1.807) is 26.8 Å². The number of nitrogens with zero attached hydrogens (tertiary/aromatic N) is 1. The van der Waals surface area contributed by atoms with E-state index in [0.717, 1.165) is 10.5 Å². The van der Waals surface area contributed by atoms with Crippen LogP contribution in [-0.4, -0.2) is 123 Å². The Hall–Kier alpha value is -2.78. The van der Waals surface area contributed by atoms with E-state index in [4.69, 9.17) is 14.2 Å². The minimum Gasteiger partial charge on any atom is -0.456 e. The fourth-order valence-electron chi connectivity index (χ4n) is 9.65. The maximum absolute atomic E-state index is 14.3. The van der Waals surface area contributed by atoms with Crippen LogP contribution in [0.4, 0.5) is 0 Å². The molecule has 0 aromatic heterocycles. The van der Waals surface area contributed by atoms with Gasteiger partial charge in [0.15, 0.2) is 0 Å². The van der Waals surface area contributed by atoms with Gasteiger partial charge < -0.3 is 44.6 Å². The van der Waals surface area contributed by atoms with Crippen LogP contribution in [0.5, 0.6) is 0 Å². The van der Waals surface area contributed by atoms with Crippen molar-refractivity contribution in [3.8, 4) is 0 Å². The molecular formula is C44H69NO12. The van der Waals surface area contributed by atoms with Gasteiger partial charge in [0, 0.05) is 62.9 Å². The van der Waals surface area contributed by atoms with Crippen molar-refractivity contribution < 1.29 is 58.9 Å². The summed E-state index contributed by atoms with van der Waals surface area (Å²) in [7, 11) is 1.49. The number of allylic oxidation sites excluding steroid dienone is 4. The number of hydrogen-bond acceptors (Lipinski definition) is 12. The molecule has 1 amide bonds. The second kappa shape index (κ2) is 21.0. The molecule has 13 heteroatoms. The second-order valence-electron chi connectivity index (χ2n) is 17.6. The summed E-state index contributed by atoms with van der Waals surface area (Å²) >= 11 is 0. The molecular weight excluding hydrogens is 734 g/mol. The average Bonchev–Trinajstić information content (AvgIpc) is 3.18. The van der Waals surface area contributed by atoms with Crippen LogP contribution in [0.3, 0.4) is 0 Å². The molecule has 0 unspecified atom stereocenters. The first-order valence-corrected chi connectivity index (χ1v) is 21.0. The number of piperidine rings is 1. The normalized spacial score (nSPS) is 41.0. The van der Waals surface area contributed by atoms with E-state index in [1.165, 1.54) is 7.11 Å². The lowest BCUT2D eigenvalue weighted by atomic mass is 9.78. The van der Waals surface area contributed by atoms with Crippen molar-refractivity contribution in [3.63, 3.8) is 0 Å². The van der Waals surface area contributed by atoms with Crippen LogP contribution in [-0.2, 0) is 33.4 Å². The van der Waals surface area contributed by atoms with E-state index < -0.39 is 83.7 Å². The van der Waals surface area contributed by atoms with Crippen molar-refractivity contribution >= 4 is 23.4 Å². The summed E-state index contributed by atoms with van der Waals surface area (Å²) in [6.45, 7) is 12.5. The Morgan fingerprint density at radius 1 is 0.982 bits per heavy atom.